The molecule has 2 aromatic carbocycles. The van der Waals surface area contributed by atoms with Gasteiger partial charge >= 0.3 is 11.9 Å². The third-order valence-corrected chi connectivity index (χ3v) is 3.54. The topological polar surface area (TPSA) is 81.7 Å². The van der Waals surface area contributed by atoms with Gasteiger partial charge in [0.1, 0.15) is 5.82 Å². The normalized spacial score (nSPS) is 10.1. The molecule has 0 aliphatic carbocycles. The molecule has 0 unspecified atom stereocenters. The molecule has 0 atom stereocenters. The number of nitrogens with one attached hydrogen (secondary N) is 1. The molecule has 0 aliphatic heterocycles. The zero-order valence-electron chi connectivity index (χ0n) is 13.9. The van der Waals surface area contributed by atoms with Crippen molar-refractivity contribution in [3.63, 3.8) is 0 Å². The van der Waals surface area contributed by atoms with E-state index in [1.165, 1.54) is 44.6 Å². The van der Waals surface area contributed by atoms with E-state index < -0.39 is 23.7 Å². The zero-order chi connectivity index (χ0) is 18.6. The van der Waals surface area contributed by atoms with Crippen molar-refractivity contribution in [3.8, 4) is 0 Å². The lowest BCUT2D eigenvalue weighted by molar-refractivity contribution is 0.0587. The molecule has 25 heavy (non-hydrogen) atoms. The van der Waals surface area contributed by atoms with Gasteiger partial charge in [-0.05, 0) is 42.8 Å². The van der Waals surface area contributed by atoms with Crippen LogP contribution in [0.25, 0.3) is 0 Å². The second kappa shape index (κ2) is 7.57. The summed E-state index contributed by atoms with van der Waals surface area (Å²) in [4.78, 5) is 36.0. The number of benzene rings is 2. The molecular weight excluding hydrogens is 329 g/mol. The predicted molar refractivity (Wildman–Crippen MR) is 88.2 cm³/mol. The number of esters is 2. The molecule has 0 bridgehead atoms. The lowest BCUT2D eigenvalue weighted by atomic mass is 10.1. The van der Waals surface area contributed by atoms with Gasteiger partial charge in [-0.1, -0.05) is 6.07 Å². The Morgan fingerprint density at radius 1 is 0.920 bits per heavy atom. The number of hydrogen-bond acceptors (Lipinski definition) is 5. The van der Waals surface area contributed by atoms with Gasteiger partial charge in [0.15, 0.2) is 0 Å². The maximum Gasteiger partial charge on any atom is 0.339 e. The van der Waals surface area contributed by atoms with Crippen molar-refractivity contribution in [2.24, 2.45) is 0 Å². The van der Waals surface area contributed by atoms with E-state index in [0.29, 0.717) is 5.56 Å². The van der Waals surface area contributed by atoms with E-state index in [9.17, 15) is 18.8 Å². The zero-order valence-corrected chi connectivity index (χ0v) is 13.9. The Kier molecular flexibility index (Phi) is 5.49. The lowest BCUT2D eigenvalue weighted by Gasteiger charge is -2.12. The van der Waals surface area contributed by atoms with E-state index in [0.717, 1.165) is 6.07 Å². The molecule has 1 N–H and O–H groups in total. The van der Waals surface area contributed by atoms with E-state index in [1.807, 2.05) is 0 Å². The van der Waals surface area contributed by atoms with Crippen LogP contribution in [0.2, 0.25) is 0 Å². The average molecular weight is 345 g/mol. The molecule has 6 nitrogen and oxygen atoms in total. The summed E-state index contributed by atoms with van der Waals surface area (Å²) in [5.74, 6) is -2.51. The molecule has 130 valence electrons. The van der Waals surface area contributed by atoms with Gasteiger partial charge in [0, 0.05) is 5.56 Å². The number of aryl methyl sites for hydroxylation is 1. The molecule has 1 amide bonds. The van der Waals surface area contributed by atoms with Crippen LogP contribution in [0.3, 0.4) is 0 Å². The SMILES string of the molecule is COC(=O)c1ccc(C(=O)OC)c(NC(=O)c2cc(F)ccc2C)c1. The Morgan fingerprint density at radius 3 is 2.24 bits per heavy atom. The van der Waals surface area contributed by atoms with E-state index in [2.05, 4.69) is 14.8 Å². The van der Waals surface area contributed by atoms with Crippen LogP contribution in [-0.2, 0) is 9.47 Å². The Labute approximate surface area is 143 Å². The number of rotatable bonds is 4. The third-order valence-electron chi connectivity index (χ3n) is 3.54. The minimum absolute atomic E-state index is 0.0533. The standard InChI is InChI=1S/C18H16FNO5/c1-10-4-6-12(19)9-14(10)16(21)20-15-8-11(17(22)24-2)5-7-13(15)18(23)25-3/h4-9H,1-3H3,(H,20,21). The van der Waals surface area contributed by atoms with Crippen molar-refractivity contribution in [2.75, 3.05) is 19.5 Å². The van der Waals surface area contributed by atoms with Crippen LogP contribution in [0.5, 0.6) is 0 Å². The molecule has 0 saturated carbocycles. The van der Waals surface area contributed by atoms with Crippen molar-refractivity contribution < 1.29 is 28.2 Å². The summed E-state index contributed by atoms with van der Waals surface area (Å²) in [7, 11) is 2.41. The van der Waals surface area contributed by atoms with E-state index in [1.54, 1.807) is 6.92 Å². The summed E-state index contributed by atoms with van der Waals surface area (Å²) >= 11 is 0. The molecule has 0 aliphatic rings. The minimum Gasteiger partial charge on any atom is -0.465 e. The van der Waals surface area contributed by atoms with Gasteiger partial charge in [-0.25, -0.2) is 14.0 Å². The first-order chi connectivity index (χ1) is 11.9. The number of anilines is 1. The van der Waals surface area contributed by atoms with Gasteiger partial charge < -0.3 is 14.8 Å². The highest BCUT2D eigenvalue weighted by Crippen LogP contribution is 2.21. The molecule has 0 saturated heterocycles. The first-order valence-corrected chi connectivity index (χ1v) is 7.25. The number of hydrogen-bond donors (Lipinski definition) is 1. The Hall–Kier alpha value is -3.22. The maximum atomic E-state index is 13.4. The van der Waals surface area contributed by atoms with E-state index in [4.69, 9.17) is 0 Å². The van der Waals surface area contributed by atoms with Crippen LogP contribution in [0.4, 0.5) is 10.1 Å². The van der Waals surface area contributed by atoms with Crippen LogP contribution in [-0.4, -0.2) is 32.1 Å². The number of carbonyl (C=O) groups excluding carboxylic acids is 3. The average Bonchev–Trinajstić information content (AvgIpc) is 2.62. The van der Waals surface area contributed by atoms with Crippen molar-refractivity contribution in [3.05, 3.63) is 64.5 Å². The first-order valence-electron chi connectivity index (χ1n) is 7.25. The number of methoxy groups -OCH3 is 2. The Morgan fingerprint density at radius 2 is 1.60 bits per heavy atom. The van der Waals surface area contributed by atoms with Crippen LogP contribution >= 0.6 is 0 Å². The van der Waals surface area contributed by atoms with Crippen molar-refractivity contribution >= 4 is 23.5 Å². The molecule has 0 heterocycles. The van der Waals surface area contributed by atoms with Gasteiger partial charge in [0.05, 0.1) is 31.0 Å². The van der Waals surface area contributed by atoms with Gasteiger partial charge in [-0.2, -0.15) is 0 Å². The molecule has 0 aromatic heterocycles. The smallest absolute Gasteiger partial charge is 0.339 e. The lowest BCUT2D eigenvalue weighted by Crippen LogP contribution is -2.17. The highest BCUT2D eigenvalue weighted by molar-refractivity contribution is 6.09. The molecule has 2 aromatic rings. The largest absolute Gasteiger partial charge is 0.465 e. The number of ether oxygens (including phenoxy) is 2. The molecule has 0 spiro atoms. The van der Waals surface area contributed by atoms with Crippen LogP contribution in [0.15, 0.2) is 36.4 Å². The second-order valence-corrected chi connectivity index (χ2v) is 5.16. The van der Waals surface area contributed by atoms with Gasteiger partial charge in [-0.15, -0.1) is 0 Å². The van der Waals surface area contributed by atoms with Crippen LogP contribution in [0, 0.1) is 12.7 Å². The van der Waals surface area contributed by atoms with Gasteiger partial charge in [0.2, 0.25) is 0 Å². The van der Waals surface area contributed by atoms with Crippen molar-refractivity contribution in [1.82, 2.24) is 0 Å². The Balaban J connectivity index is 2.44. The highest BCUT2D eigenvalue weighted by atomic mass is 19.1. The minimum atomic E-state index is -0.692. The number of carbonyl (C=O) groups is 3. The van der Waals surface area contributed by atoms with E-state index in [-0.39, 0.29) is 22.4 Å². The molecular formula is C18H16FNO5. The summed E-state index contributed by atoms with van der Waals surface area (Å²) in [6.07, 6.45) is 0. The monoisotopic (exact) mass is 345 g/mol. The fraction of sp³-hybridized carbons (Fsp3) is 0.167. The van der Waals surface area contributed by atoms with Crippen molar-refractivity contribution in [2.45, 2.75) is 6.92 Å². The van der Waals surface area contributed by atoms with Crippen LogP contribution < -0.4 is 5.32 Å². The molecule has 7 heteroatoms. The summed E-state index contributed by atoms with van der Waals surface area (Å²) < 4.78 is 22.7. The first kappa shape index (κ1) is 18.1. The van der Waals surface area contributed by atoms with E-state index >= 15 is 0 Å². The summed E-state index contributed by atoms with van der Waals surface area (Å²) in [5, 5.41) is 2.52. The second-order valence-electron chi connectivity index (χ2n) is 5.16. The maximum absolute atomic E-state index is 13.4. The summed E-state index contributed by atoms with van der Waals surface area (Å²) in [6.45, 7) is 1.65. The summed E-state index contributed by atoms with van der Waals surface area (Å²) in [6, 6.07) is 7.81. The number of halogens is 1. The summed E-state index contributed by atoms with van der Waals surface area (Å²) in [5.41, 5.74) is 0.921. The third kappa shape index (κ3) is 4.00. The molecule has 0 fully saturated rings. The number of amides is 1. The van der Waals surface area contributed by atoms with Crippen molar-refractivity contribution in [1.29, 1.82) is 0 Å². The fourth-order valence-electron chi connectivity index (χ4n) is 2.21. The Bertz CT molecular complexity index is 847. The highest BCUT2D eigenvalue weighted by Gasteiger charge is 2.19. The molecule has 0 radical (unpaired) electrons. The van der Waals surface area contributed by atoms with Gasteiger partial charge in [-0.3, -0.25) is 4.79 Å². The quantitative estimate of drug-likeness (QED) is 0.862. The predicted octanol–water partition coefficient (Wildman–Crippen LogP) is 2.96. The fourth-order valence-corrected chi connectivity index (χ4v) is 2.21. The van der Waals surface area contributed by atoms with Crippen LogP contribution in [0.1, 0.15) is 36.6 Å². The molecule has 2 rings (SSSR count). The van der Waals surface area contributed by atoms with Gasteiger partial charge in [0.25, 0.3) is 5.91 Å².